The van der Waals surface area contributed by atoms with Crippen LogP contribution in [0.2, 0.25) is 0 Å². The van der Waals surface area contributed by atoms with Gasteiger partial charge in [0.15, 0.2) is 0 Å². The molecule has 0 N–H and O–H groups in total. The highest BCUT2D eigenvalue weighted by molar-refractivity contribution is 5.32. The van der Waals surface area contributed by atoms with Gasteiger partial charge in [0, 0.05) is 11.5 Å². The van der Waals surface area contributed by atoms with E-state index in [0.717, 1.165) is 43.4 Å². The van der Waals surface area contributed by atoms with Gasteiger partial charge in [-0.2, -0.15) is 0 Å². The van der Waals surface area contributed by atoms with Crippen molar-refractivity contribution >= 4 is 0 Å². The summed E-state index contributed by atoms with van der Waals surface area (Å²) in [4.78, 5) is 0. The number of methoxy groups -OCH3 is 1. The summed E-state index contributed by atoms with van der Waals surface area (Å²) in [5.41, 5.74) is 1.01. The van der Waals surface area contributed by atoms with Crippen molar-refractivity contribution in [1.82, 2.24) is 0 Å². The average Bonchev–Trinajstić information content (AvgIpc) is 3.23. The quantitative estimate of drug-likeness (QED) is 0.458. The maximum Gasteiger partial charge on any atom is 0.201 e. The largest absolute Gasteiger partial charge is 0.497 e. The third kappa shape index (κ3) is 6.05. The third-order valence-electron chi connectivity index (χ3n) is 5.84. The van der Waals surface area contributed by atoms with Crippen molar-refractivity contribution in [2.45, 2.75) is 63.9 Å². The van der Waals surface area contributed by atoms with E-state index in [1.54, 1.807) is 7.11 Å². The molecule has 0 saturated carbocycles. The van der Waals surface area contributed by atoms with Gasteiger partial charge in [-0.25, -0.2) is 0 Å². The van der Waals surface area contributed by atoms with E-state index in [1.165, 1.54) is 0 Å². The second-order valence-corrected chi connectivity index (χ2v) is 8.00. The van der Waals surface area contributed by atoms with Crippen molar-refractivity contribution in [2.24, 2.45) is 5.92 Å². The van der Waals surface area contributed by atoms with Crippen molar-refractivity contribution in [3.05, 3.63) is 42.0 Å². The van der Waals surface area contributed by atoms with Crippen LogP contribution in [-0.2, 0) is 24.7 Å². The van der Waals surface area contributed by atoms with Crippen LogP contribution in [0.5, 0.6) is 5.75 Å². The molecule has 3 unspecified atom stereocenters. The number of rotatable bonds is 8. The lowest BCUT2D eigenvalue weighted by Crippen LogP contribution is -2.34. The van der Waals surface area contributed by atoms with E-state index in [9.17, 15) is 0 Å². The van der Waals surface area contributed by atoms with E-state index in [0.29, 0.717) is 38.6 Å². The molecule has 1 aromatic carbocycles. The van der Waals surface area contributed by atoms with Crippen LogP contribution < -0.4 is 4.74 Å². The molecule has 0 spiro atoms. The van der Waals surface area contributed by atoms with Crippen molar-refractivity contribution in [3.63, 3.8) is 0 Å². The first-order chi connectivity index (χ1) is 14.1. The summed E-state index contributed by atoms with van der Waals surface area (Å²) in [5.74, 6) is 0.188. The Bertz CT molecular complexity index is 638. The van der Waals surface area contributed by atoms with Gasteiger partial charge in [-0.15, -0.1) is 0 Å². The summed E-state index contributed by atoms with van der Waals surface area (Å²) in [7, 11) is 1.68. The summed E-state index contributed by atoms with van der Waals surface area (Å²) in [5, 5.41) is 0. The molecule has 5 nitrogen and oxygen atoms in total. The van der Waals surface area contributed by atoms with Crippen molar-refractivity contribution in [1.29, 1.82) is 0 Å². The van der Waals surface area contributed by atoms with Gasteiger partial charge in [-0.05, 0) is 51.2 Å². The van der Waals surface area contributed by atoms with Crippen LogP contribution in [0.4, 0.5) is 0 Å². The molecule has 1 aromatic rings. The summed E-state index contributed by atoms with van der Waals surface area (Å²) in [6, 6.07) is 7.98. The van der Waals surface area contributed by atoms with Gasteiger partial charge >= 0.3 is 0 Å². The van der Waals surface area contributed by atoms with Crippen molar-refractivity contribution in [3.8, 4) is 5.75 Å². The lowest BCUT2D eigenvalue weighted by Gasteiger charge is -2.32. The first kappa shape index (κ1) is 22.3. The molecule has 0 aromatic heterocycles. The highest BCUT2D eigenvalue weighted by Gasteiger charge is 2.43. The zero-order valence-corrected chi connectivity index (χ0v) is 18.1. The van der Waals surface area contributed by atoms with Gasteiger partial charge < -0.3 is 23.7 Å². The standard InChI is InChI=1S/C24H36O5/c1-19(8-5-4-6-10-22-13-12-20(2)26-14-15-27-22)24(28-16-17-29-24)21-9-7-11-23(18-21)25-3/h5,7-9,11,18-20,22H,4,6,10,12-17H2,1-3H3/b8-5+. The molecule has 0 aliphatic carbocycles. The molecule has 2 aliphatic rings. The van der Waals surface area contributed by atoms with Crippen LogP contribution in [0.15, 0.2) is 36.4 Å². The molecule has 2 saturated heterocycles. The van der Waals surface area contributed by atoms with Crippen molar-refractivity contribution in [2.75, 3.05) is 33.5 Å². The molecular formula is C24H36O5. The fourth-order valence-electron chi connectivity index (χ4n) is 4.13. The number of allylic oxidation sites excluding steroid dienone is 1. The zero-order valence-electron chi connectivity index (χ0n) is 18.1. The third-order valence-corrected chi connectivity index (χ3v) is 5.84. The fraction of sp³-hybridized carbons (Fsp3) is 0.667. The van der Waals surface area contributed by atoms with Crippen LogP contribution in [0, 0.1) is 5.92 Å². The SMILES string of the molecule is COc1cccc(C2(C(C)/C=C/CCCC3CCC(C)OCCO3)OCCO2)c1. The number of unbranched alkanes of at least 4 members (excludes halogenated alkanes) is 1. The summed E-state index contributed by atoms with van der Waals surface area (Å²) >= 11 is 0. The number of hydrogen-bond acceptors (Lipinski definition) is 5. The van der Waals surface area contributed by atoms with Crippen LogP contribution in [0.1, 0.15) is 51.5 Å². The molecule has 2 aliphatic heterocycles. The Kier molecular flexibility index (Phi) is 8.54. The second kappa shape index (κ2) is 11.1. The van der Waals surface area contributed by atoms with Gasteiger partial charge in [0.1, 0.15) is 5.75 Å². The Morgan fingerprint density at radius 2 is 1.93 bits per heavy atom. The van der Waals surface area contributed by atoms with Crippen LogP contribution in [0.25, 0.3) is 0 Å². The van der Waals surface area contributed by atoms with Gasteiger partial charge in [0.2, 0.25) is 5.79 Å². The highest BCUT2D eigenvalue weighted by Crippen LogP contribution is 2.40. The van der Waals surface area contributed by atoms with E-state index in [4.69, 9.17) is 23.7 Å². The van der Waals surface area contributed by atoms with E-state index in [-0.39, 0.29) is 5.92 Å². The molecule has 162 valence electrons. The van der Waals surface area contributed by atoms with E-state index >= 15 is 0 Å². The topological polar surface area (TPSA) is 46.2 Å². The van der Waals surface area contributed by atoms with Gasteiger partial charge in [-0.1, -0.05) is 31.2 Å². The molecular weight excluding hydrogens is 368 g/mol. The normalized spacial score (nSPS) is 26.2. The molecule has 2 fully saturated rings. The molecule has 29 heavy (non-hydrogen) atoms. The summed E-state index contributed by atoms with van der Waals surface area (Å²) in [6.45, 7) is 6.94. The Balaban J connectivity index is 1.52. The Morgan fingerprint density at radius 3 is 2.72 bits per heavy atom. The first-order valence-corrected chi connectivity index (χ1v) is 11.0. The lowest BCUT2D eigenvalue weighted by molar-refractivity contribution is -0.190. The van der Waals surface area contributed by atoms with Crippen LogP contribution in [0.3, 0.4) is 0 Å². The average molecular weight is 405 g/mol. The van der Waals surface area contributed by atoms with E-state index in [2.05, 4.69) is 32.1 Å². The minimum atomic E-state index is -0.732. The number of benzene rings is 1. The number of hydrogen-bond donors (Lipinski definition) is 0. The van der Waals surface area contributed by atoms with E-state index in [1.807, 2.05) is 18.2 Å². The molecule has 0 bridgehead atoms. The highest BCUT2D eigenvalue weighted by atomic mass is 16.7. The van der Waals surface area contributed by atoms with Gasteiger partial charge in [-0.3, -0.25) is 0 Å². The monoisotopic (exact) mass is 404 g/mol. The molecule has 0 amide bonds. The van der Waals surface area contributed by atoms with E-state index < -0.39 is 5.79 Å². The molecule has 3 atom stereocenters. The maximum absolute atomic E-state index is 6.12. The predicted octanol–water partition coefficient (Wildman–Crippen LogP) is 4.84. The minimum Gasteiger partial charge on any atom is -0.497 e. The summed E-state index contributed by atoms with van der Waals surface area (Å²) < 4.78 is 29.2. The zero-order chi connectivity index (χ0) is 20.5. The van der Waals surface area contributed by atoms with Gasteiger partial charge in [0.05, 0.1) is 45.7 Å². The molecule has 2 heterocycles. The van der Waals surface area contributed by atoms with Crippen molar-refractivity contribution < 1.29 is 23.7 Å². The van der Waals surface area contributed by atoms with Crippen LogP contribution in [-0.4, -0.2) is 45.7 Å². The lowest BCUT2D eigenvalue weighted by atomic mass is 9.92. The summed E-state index contributed by atoms with van der Waals surface area (Å²) in [6.07, 6.45) is 10.6. The Hall–Kier alpha value is -1.40. The second-order valence-electron chi connectivity index (χ2n) is 8.00. The predicted molar refractivity (Wildman–Crippen MR) is 113 cm³/mol. The van der Waals surface area contributed by atoms with Gasteiger partial charge in [0.25, 0.3) is 0 Å². The fourth-order valence-corrected chi connectivity index (χ4v) is 4.13. The van der Waals surface area contributed by atoms with Crippen LogP contribution >= 0.6 is 0 Å². The first-order valence-electron chi connectivity index (χ1n) is 11.0. The smallest absolute Gasteiger partial charge is 0.201 e. The molecule has 0 radical (unpaired) electrons. The molecule has 5 heteroatoms. The number of ether oxygens (including phenoxy) is 5. The Labute approximate surface area is 175 Å². The minimum absolute atomic E-state index is 0.104. The molecule has 3 rings (SSSR count). The maximum atomic E-state index is 6.12. The Morgan fingerprint density at radius 1 is 1.14 bits per heavy atom.